The van der Waals surface area contributed by atoms with Gasteiger partial charge in [0.1, 0.15) is 18.5 Å². The Bertz CT molecular complexity index is 1020. The molecule has 1 aromatic heterocycles. The molecule has 3 rings (SSSR count). The molecule has 3 N–H and O–H groups in total. The van der Waals surface area contributed by atoms with Gasteiger partial charge in [0.05, 0.1) is 12.6 Å². The van der Waals surface area contributed by atoms with Gasteiger partial charge in [0.15, 0.2) is 0 Å². The Morgan fingerprint density at radius 2 is 1.81 bits per heavy atom. The van der Waals surface area contributed by atoms with Crippen molar-refractivity contribution in [3.05, 3.63) is 83.2 Å². The van der Waals surface area contributed by atoms with Gasteiger partial charge in [-0.05, 0) is 61.7 Å². The first-order valence-corrected chi connectivity index (χ1v) is 10.2. The number of benzene rings is 2. The third-order valence-electron chi connectivity index (χ3n) is 4.99. The highest BCUT2D eigenvalue weighted by molar-refractivity contribution is 5.96. The second-order valence-corrected chi connectivity index (χ2v) is 7.69. The first-order valence-electron chi connectivity index (χ1n) is 10.2. The zero-order valence-electron chi connectivity index (χ0n) is 18.0. The smallest absolute Gasteiger partial charge is 0.251 e. The lowest BCUT2D eigenvalue weighted by molar-refractivity contribution is 0.0536. The summed E-state index contributed by atoms with van der Waals surface area (Å²) < 4.78 is 5.64. The molecule has 0 aliphatic heterocycles. The van der Waals surface area contributed by atoms with Crippen LogP contribution in [0.5, 0.6) is 5.75 Å². The number of ether oxygens (including phenoxy) is 1. The third kappa shape index (κ3) is 6.13. The molecule has 2 atom stereocenters. The van der Waals surface area contributed by atoms with Gasteiger partial charge in [-0.1, -0.05) is 35.9 Å². The first-order chi connectivity index (χ1) is 14.9. The molecule has 0 saturated heterocycles. The molecule has 1 amide bonds. The molecule has 2 aromatic carbocycles. The molecule has 0 aliphatic carbocycles. The highest BCUT2D eigenvalue weighted by Crippen LogP contribution is 2.27. The van der Waals surface area contributed by atoms with Crippen LogP contribution in [0.15, 0.2) is 60.8 Å². The summed E-state index contributed by atoms with van der Waals surface area (Å²) in [5.74, 6) is 0.204. The van der Waals surface area contributed by atoms with Crippen molar-refractivity contribution in [2.45, 2.75) is 32.9 Å². The van der Waals surface area contributed by atoms with Crippen LogP contribution in [0.1, 0.15) is 40.1 Å². The third-order valence-corrected chi connectivity index (χ3v) is 4.99. The van der Waals surface area contributed by atoms with Gasteiger partial charge in [0.2, 0.25) is 0 Å². The lowest BCUT2D eigenvalue weighted by Gasteiger charge is -2.16. The number of pyridine rings is 1. The van der Waals surface area contributed by atoms with E-state index in [1.54, 1.807) is 12.3 Å². The van der Waals surface area contributed by atoms with Crippen LogP contribution >= 0.6 is 0 Å². The number of aryl methyl sites for hydroxylation is 2. The first kappa shape index (κ1) is 22.5. The van der Waals surface area contributed by atoms with Crippen LogP contribution in [0, 0.1) is 13.8 Å². The van der Waals surface area contributed by atoms with E-state index in [9.17, 15) is 9.90 Å². The number of aromatic nitrogens is 1. The summed E-state index contributed by atoms with van der Waals surface area (Å²) in [7, 11) is 0. The minimum Gasteiger partial charge on any atom is -0.491 e. The Hall–Kier alpha value is -3.22. The maximum absolute atomic E-state index is 13.0. The summed E-state index contributed by atoms with van der Waals surface area (Å²) in [6, 6.07) is 16.9. The number of amides is 1. The van der Waals surface area contributed by atoms with E-state index in [2.05, 4.69) is 10.3 Å². The summed E-state index contributed by atoms with van der Waals surface area (Å²) in [6.07, 6.45) is 0.766. The van der Waals surface area contributed by atoms with Gasteiger partial charge >= 0.3 is 0 Å². The van der Waals surface area contributed by atoms with Gasteiger partial charge in [-0.3, -0.25) is 9.78 Å². The second kappa shape index (κ2) is 10.2. The fourth-order valence-corrected chi connectivity index (χ4v) is 3.07. The molecule has 31 heavy (non-hydrogen) atoms. The SMILES string of the molecule is Cc1ccc(-c2cc(OCC(O)CO)cc(C(=O)N[C@H](C)c3ccc(C)nc3)c2)cc1. The van der Waals surface area contributed by atoms with Crippen LogP contribution in [0.4, 0.5) is 0 Å². The van der Waals surface area contributed by atoms with Gasteiger partial charge in [-0.15, -0.1) is 0 Å². The number of hydrogen-bond donors (Lipinski definition) is 3. The van der Waals surface area contributed by atoms with E-state index in [1.807, 2.05) is 69.3 Å². The molecule has 0 bridgehead atoms. The predicted octanol–water partition coefficient (Wildman–Crippen LogP) is 3.59. The zero-order valence-corrected chi connectivity index (χ0v) is 18.0. The fraction of sp³-hybridized carbons (Fsp3) is 0.280. The maximum atomic E-state index is 13.0. The number of carbonyl (C=O) groups excluding carboxylic acids is 1. The monoisotopic (exact) mass is 420 g/mol. The standard InChI is InChI=1S/C25H28N2O4/c1-16-4-7-19(8-5-16)21-10-22(12-24(11-21)31-15-23(29)14-28)25(30)27-18(3)20-9-6-17(2)26-13-20/h4-13,18,23,28-29H,14-15H2,1-3H3,(H,27,30)/t18-,23?/m1/s1. The molecule has 3 aromatic rings. The Kier molecular flexibility index (Phi) is 7.39. The Labute approximate surface area is 182 Å². The topological polar surface area (TPSA) is 91.7 Å². The molecule has 162 valence electrons. The van der Waals surface area contributed by atoms with Crippen LogP contribution in [0.25, 0.3) is 11.1 Å². The van der Waals surface area contributed by atoms with Crippen molar-refractivity contribution in [2.75, 3.05) is 13.2 Å². The molecule has 1 heterocycles. The van der Waals surface area contributed by atoms with Crippen molar-refractivity contribution in [1.82, 2.24) is 10.3 Å². The molecule has 6 nitrogen and oxygen atoms in total. The van der Waals surface area contributed by atoms with Crippen molar-refractivity contribution >= 4 is 5.91 Å². The zero-order chi connectivity index (χ0) is 22.4. The van der Waals surface area contributed by atoms with Crippen molar-refractivity contribution in [2.24, 2.45) is 0 Å². The number of rotatable bonds is 8. The van der Waals surface area contributed by atoms with E-state index in [4.69, 9.17) is 9.84 Å². The molecular formula is C25H28N2O4. The summed E-state index contributed by atoms with van der Waals surface area (Å²) in [5, 5.41) is 21.7. The second-order valence-electron chi connectivity index (χ2n) is 7.69. The van der Waals surface area contributed by atoms with E-state index in [1.165, 1.54) is 0 Å². The van der Waals surface area contributed by atoms with Gasteiger partial charge in [0, 0.05) is 17.5 Å². The molecule has 0 spiro atoms. The van der Waals surface area contributed by atoms with Crippen LogP contribution in [0.3, 0.4) is 0 Å². The fourth-order valence-electron chi connectivity index (χ4n) is 3.07. The van der Waals surface area contributed by atoms with E-state index in [0.29, 0.717) is 11.3 Å². The van der Waals surface area contributed by atoms with Gasteiger partial charge in [0.25, 0.3) is 5.91 Å². The Morgan fingerprint density at radius 3 is 2.45 bits per heavy atom. The molecule has 6 heteroatoms. The van der Waals surface area contributed by atoms with E-state index < -0.39 is 12.7 Å². The highest BCUT2D eigenvalue weighted by Gasteiger charge is 2.15. The van der Waals surface area contributed by atoms with Gasteiger partial charge in [-0.25, -0.2) is 0 Å². The number of aliphatic hydroxyl groups is 2. The number of hydrogen-bond acceptors (Lipinski definition) is 5. The molecule has 0 fully saturated rings. The molecule has 0 radical (unpaired) electrons. The van der Waals surface area contributed by atoms with Gasteiger partial charge in [-0.2, -0.15) is 0 Å². The van der Waals surface area contributed by atoms with Crippen molar-refractivity contribution in [3.63, 3.8) is 0 Å². The maximum Gasteiger partial charge on any atom is 0.251 e. The normalized spacial score (nSPS) is 12.8. The average molecular weight is 421 g/mol. The Morgan fingerprint density at radius 1 is 1.06 bits per heavy atom. The van der Waals surface area contributed by atoms with Crippen molar-refractivity contribution in [3.8, 4) is 16.9 Å². The van der Waals surface area contributed by atoms with Crippen LogP contribution in [-0.4, -0.2) is 40.4 Å². The van der Waals surface area contributed by atoms with Crippen molar-refractivity contribution < 1.29 is 19.7 Å². The summed E-state index contributed by atoms with van der Waals surface area (Å²) >= 11 is 0. The largest absolute Gasteiger partial charge is 0.491 e. The van der Waals surface area contributed by atoms with Crippen LogP contribution < -0.4 is 10.1 Å². The highest BCUT2D eigenvalue weighted by atomic mass is 16.5. The van der Waals surface area contributed by atoms with E-state index in [-0.39, 0.29) is 18.6 Å². The van der Waals surface area contributed by atoms with Gasteiger partial charge < -0.3 is 20.3 Å². The molecule has 0 saturated carbocycles. The minimum atomic E-state index is -0.991. The summed E-state index contributed by atoms with van der Waals surface area (Å²) in [4.78, 5) is 17.3. The average Bonchev–Trinajstić information content (AvgIpc) is 2.78. The lowest BCUT2D eigenvalue weighted by atomic mass is 10.0. The Balaban J connectivity index is 1.87. The number of aliphatic hydroxyl groups excluding tert-OH is 2. The quantitative estimate of drug-likeness (QED) is 0.518. The van der Waals surface area contributed by atoms with Crippen LogP contribution in [0.2, 0.25) is 0 Å². The summed E-state index contributed by atoms with van der Waals surface area (Å²) in [5.41, 5.74) is 5.18. The number of carbonyl (C=O) groups is 1. The summed E-state index contributed by atoms with van der Waals surface area (Å²) in [6.45, 7) is 5.37. The van der Waals surface area contributed by atoms with E-state index in [0.717, 1.165) is 27.9 Å². The molecular weight excluding hydrogens is 392 g/mol. The van der Waals surface area contributed by atoms with Crippen LogP contribution in [-0.2, 0) is 0 Å². The lowest BCUT2D eigenvalue weighted by Crippen LogP contribution is -2.27. The number of nitrogens with one attached hydrogen (secondary N) is 1. The van der Waals surface area contributed by atoms with Crippen molar-refractivity contribution in [1.29, 1.82) is 0 Å². The molecule has 1 unspecified atom stereocenters. The predicted molar refractivity (Wildman–Crippen MR) is 120 cm³/mol. The minimum absolute atomic E-state index is 0.0691. The molecule has 0 aliphatic rings. The number of nitrogens with zero attached hydrogens (tertiary/aromatic N) is 1. The van der Waals surface area contributed by atoms with E-state index >= 15 is 0 Å².